The number of hydrogen-bond donors (Lipinski definition) is 3. The van der Waals surface area contributed by atoms with E-state index < -0.39 is 29.3 Å². The maximum atomic E-state index is 14.3. The third-order valence-electron chi connectivity index (χ3n) is 12.6. The Labute approximate surface area is 379 Å². The van der Waals surface area contributed by atoms with Gasteiger partial charge in [-0.25, -0.2) is 10.3 Å². The molecule has 3 aromatic heterocycles. The van der Waals surface area contributed by atoms with E-state index in [0.717, 1.165) is 51.8 Å². The van der Waals surface area contributed by atoms with Crippen LogP contribution in [0.15, 0.2) is 59.8 Å². The van der Waals surface area contributed by atoms with E-state index in [1.54, 1.807) is 36.3 Å². The van der Waals surface area contributed by atoms with E-state index in [1.807, 2.05) is 53.7 Å². The second kappa shape index (κ2) is 20.6. The molecular formula is C48H70N8O8. The molecule has 0 spiro atoms. The number of carbonyl (C=O) groups is 4. The molecule has 5 heterocycles. The lowest BCUT2D eigenvalue weighted by atomic mass is 9.84. The minimum Gasteiger partial charge on any atom is -0.375 e. The number of nitrogens with one attached hydrogen (secondary N) is 2. The number of pyridine rings is 1. The van der Waals surface area contributed by atoms with Crippen LogP contribution in [-0.4, -0.2) is 117 Å². The molecule has 64 heavy (non-hydrogen) atoms. The standard InChI is InChI=1S/C48H66N8O8.2H2/c1-11-41(57)54-22-19-33(27-54)46(59)53(9)43(29(3)4)45(58)50-38(47(60)56-21-14-15-30(5)51-56)24-34-25-40(64-52-34)32-17-18-39-36(23-32)37(26-48(7,8)28-63-61)44(55(39)12-2)35-16-13-20-49-42(35)31(6)62-10;;/h11,13,16-18,20,23,25,29-31,33,38,43,51,61H,1,12,14-15,19,21-22,24,26-28H2,2-10H3,(H,50,58);2*1H/t30-,31+,33+,38+,43+;;/m1../s1. The predicted molar refractivity (Wildman–Crippen MR) is 248 cm³/mol. The monoisotopic (exact) mass is 887 g/mol. The molecule has 5 atom stereocenters. The van der Waals surface area contributed by atoms with E-state index in [-0.39, 0.29) is 58.2 Å². The average molecular weight is 887 g/mol. The summed E-state index contributed by atoms with van der Waals surface area (Å²) >= 11 is 0. The van der Waals surface area contributed by atoms with Crippen molar-refractivity contribution in [3.8, 4) is 22.6 Å². The lowest BCUT2D eigenvalue weighted by molar-refractivity contribution is -0.259. The van der Waals surface area contributed by atoms with Gasteiger partial charge in [0, 0.05) is 89.9 Å². The van der Waals surface area contributed by atoms with Crippen LogP contribution in [0.4, 0.5) is 0 Å². The number of aromatic nitrogens is 3. The Balaban J connectivity index is 0.00000476. The SMILES string of the molecule is C=CC(=O)N1CC[C@H](C(=O)N(C)[C@H](C(=O)N[C@@H](Cc2cc(-c3ccc4c(c3)c(CC(C)(C)COO)c(-c3cccnc3[C@H](C)OC)n4CC)on2)C(=O)N2CCC[C@@H](C)N2)C(C)C)C1.[HH].[HH]. The number of hydrazine groups is 1. The Hall–Kier alpha value is -5.42. The molecule has 16 heteroatoms. The lowest BCUT2D eigenvalue weighted by Crippen LogP contribution is -2.61. The van der Waals surface area contributed by atoms with Gasteiger partial charge in [-0.1, -0.05) is 39.4 Å². The number of hydrogen-bond acceptors (Lipinski definition) is 11. The molecule has 0 saturated carbocycles. The number of aryl methyl sites for hydroxylation is 1. The molecular weight excluding hydrogens is 817 g/mol. The van der Waals surface area contributed by atoms with Crippen LogP contribution in [0.3, 0.4) is 0 Å². The Kier molecular flexibility index (Phi) is 15.5. The third-order valence-corrected chi connectivity index (χ3v) is 12.6. The van der Waals surface area contributed by atoms with Gasteiger partial charge in [-0.05, 0) is 99.8 Å². The summed E-state index contributed by atoms with van der Waals surface area (Å²) in [6.45, 7) is 19.4. The largest absolute Gasteiger partial charge is 0.375 e. The number of benzene rings is 1. The summed E-state index contributed by atoms with van der Waals surface area (Å²) in [6, 6.07) is 10.1. The van der Waals surface area contributed by atoms with Crippen molar-refractivity contribution < 1.29 is 41.4 Å². The van der Waals surface area contributed by atoms with Gasteiger partial charge < -0.3 is 28.9 Å². The molecule has 2 saturated heterocycles. The molecule has 4 amide bonds. The maximum Gasteiger partial charge on any atom is 0.259 e. The molecule has 0 unspecified atom stereocenters. The normalized spacial score (nSPS) is 18.3. The smallest absolute Gasteiger partial charge is 0.259 e. The van der Waals surface area contributed by atoms with E-state index in [0.29, 0.717) is 43.9 Å². The fourth-order valence-corrected chi connectivity index (χ4v) is 9.32. The van der Waals surface area contributed by atoms with E-state index in [4.69, 9.17) is 19.1 Å². The highest BCUT2D eigenvalue weighted by Gasteiger charge is 2.39. The maximum absolute atomic E-state index is 14.3. The molecule has 0 aliphatic carbocycles. The van der Waals surface area contributed by atoms with E-state index >= 15 is 0 Å². The number of ether oxygens (including phenoxy) is 1. The fraction of sp³-hybridized carbons (Fsp3) is 0.542. The summed E-state index contributed by atoms with van der Waals surface area (Å²) in [5, 5.41) is 19.5. The second-order valence-electron chi connectivity index (χ2n) is 18.5. The molecule has 0 bridgehead atoms. The van der Waals surface area contributed by atoms with Gasteiger partial charge in [-0.3, -0.25) is 34.4 Å². The molecule has 6 rings (SSSR count). The van der Waals surface area contributed by atoms with Gasteiger partial charge in [0.1, 0.15) is 12.1 Å². The lowest BCUT2D eigenvalue weighted by Gasteiger charge is -2.36. The van der Waals surface area contributed by atoms with Gasteiger partial charge in [-0.15, -0.1) is 0 Å². The molecule has 2 fully saturated rings. The summed E-state index contributed by atoms with van der Waals surface area (Å²) in [7, 11) is 3.28. The van der Waals surface area contributed by atoms with Crippen molar-refractivity contribution in [2.75, 3.05) is 40.4 Å². The number of likely N-dealkylation sites (N-methyl/N-ethyl adjacent to an activating group) is 1. The number of likely N-dealkylation sites (tertiary alicyclic amines) is 1. The molecule has 4 aromatic rings. The average Bonchev–Trinajstić information content (AvgIpc) is 4.03. The number of fused-ring (bicyclic) bond motifs is 1. The zero-order valence-corrected chi connectivity index (χ0v) is 38.8. The Morgan fingerprint density at radius 3 is 2.59 bits per heavy atom. The molecule has 0 radical (unpaired) electrons. The first kappa shape index (κ1) is 48.0. The van der Waals surface area contributed by atoms with E-state index in [9.17, 15) is 24.4 Å². The quantitative estimate of drug-likeness (QED) is 0.0549. The van der Waals surface area contributed by atoms with E-state index in [2.05, 4.69) is 52.2 Å². The minimum absolute atomic E-state index is 0. The molecule has 16 nitrogen and oxygen atoms in total. The van der Waals surface area contributed by atoms with Crippen molar-refractivity contribution in [1.82, 2.24) is 40.3 Å². The molecule has 2 aliphatic rings. The number of amides is 4. The zero-order valence-electron chi connectivity index (χ0n) is 38.8. The van der Waals surface area contributed by atoms with Gasteiger partial charge in [-0.2, -0.15) is 0 Å². The summed E-state index contributed by atoms with van der Waals surface area (Å²) < 4.78 is 14.0. The first-order valence-electron chi connectivity index (χ1n) is 22.4. The summed E-state index contributed by atoms with van der Waals surface area (Å²) in [4.78, 5) is 67.2. The van der Waals surface area contributed by atoms with Crippen molar-refractivity contribution in [3.05, 3.63) is 72.2 Å². The van der Waals surface area contributed by atoms with Crippen LogP contribution >= 0.6 is 0 Å². The highest BCUT2D eigenvalue weighted by Crippen LogP contribution is 2.42. The Bertz CT molecular complexity index is 2330. The zero-order chi connectivity index (χ0) is 46.5. The van der Waals surface area contributed by atoms with Crippen molar-refractivity contribution in [2.24, 2.45) is 17.3 Å². The van der Waals surface area contributed by atoms with Crippen LogP contribution in [0.5, 0.6) is 0 Å². The molecule has 3 N–H and O–H groups in total. The number of nitrogens with zero attached hydrogens (tertiary/aromatic N) is 6. The van der Waals surface area contributed by atoms with Crippen LogP contribution in [0, 0.1) is 17.3 Å². The number of rotatable bonds is 18. The van der Waals surface area contributed by atoms with Crippen LogP contribution in [0.2, 0.25) is 0 Å². The summed E-state index contributed by atoms with van der Waals surface area (Å²) in [6.07, 6.45) is 5.53. The second-order valence-corrected chi connectivity index (χ2v) is 18.5. The first-order chi connectivity index (χ1) is 30.5. The van der Waals surface area contributed by atoms with Crippen molar-refractivity contribution in [2.45, 2.75) is 111 Å². The Morgan fingerprint density at radius 1 is 1.16 bits per heavy atom. The van der Waals surface area contributed by atoms with Crippen LogP contribution < -0.4 is 10.7 Å². The third kappa shape index (κ3) is 10.4. The van der Waals surface area contributed by atoms with Gasteiger partial charge in [0.15, 0.2) is 5.76 Å². The minimum atomic E-state index is -1.03. The predicted octanol–water partition coefficient (Wildman–Crippen LogP) is 6.70. The first-order valence-corrected chi connectivity index (χ1v) is 22.4. The van der Waals surface area contributed by atoms with Crippen molar-refractivity contribution in [3.63, 3.8) is 0 Å². The molecule has 350 valence electrons. The van der Waals surface area contributed by atoms with Gasteiger partial charge in [0.05, 0.1) is 35.7 Å². The van der Waals surface area contributed by atoms with Gasteiger partial charge in [0.25, 0.3) is 5.91 Å². The van der Waals surface area contributed by atoms with Crippen molar-refractivity contribution in [1.29, 1.82) is 0 Å². The van der Waals surface area contributed by atoms with Crippen molar-refractivity contribution >= 4 is 34.5 Å². The van der Waals surface area contributed by atoms with Crippen LogP contribution in [0.25, 0.3) is 33.5 Å². The number of methoxy groups -OCH3 is 1. The highest BCUT2D eigenvalue weighted by atomic mass is 17.1. The molecule has 2 aliphatic heterocycles. The Morgan fingerprint density at radius 2 is 1.92 bits per heavy atom. The number of carbonyl (C=O) groups excluding carboxylic acids is 4. The van der Waals surface area contributed by atoms with Crippen LogP contribution in [0.1, 0.15) is 93.6 Å². The summed E-state index contributed by atoms with van der Waals surface area (Å²) in [5.41, 5.74) is 8.86. The summed E-state index contributed by atoms with van der Waals surface area (Å²) in [5.74, 6) is -1.51. The van der Waals surface area contributed by atoms with E-state index in [1.165, 1.54) is 11.0 Å². The highest BCUT2D eigenvalue weighted by molar-refractivity contribution is 5.96. The fourth-order valence-electron chi connectivity index (χ4n) is 9.32. The van der Waals surface area contributed by atoms with Crippen LogP contribution in [-0.2, 0) is 48.2 Å². The van der Waals surface area contributed by atoms with Gasteiger partial charge >= 0.3 is 0 Å². The van der Waals surface area contributed by atoms with Gasteiger partial charge in [0.2, 0.25) is 17.7 Å². The molecule has 1 aromatic carbocycles. The topological polar surface area (TPSA) is 185 Å².